The summed E-state index contributed by atoms with van der Waals surface area (Å²) in [6.07, 6.45) is 2.20. The molecule has 1 aromatic heterocycles. The first-order valence-electron chi connectivity index (χ1n) is 8.76. The van der Waals surface area contributed by atoms with Crippen LogP contribution < -0.4 is 4.74 Å². The van der Waals surface area contributed by atoms with Gasteiger partial charge in [0, 0.05) is 30.1 Å². The highest BCUT2D eigenvalue weighted by atomic mass is 32.1. The Balaban J connectivity index is 1.55. The predicted octanol–water partition coefficient (Wildman–Crippen LogP) is 3.78. The van der Waals surface area contributed by atoms with Gasteiger partial charge < -0.3 is 9.47 Å². The van der Waals surface area contributed by atoms with Crippen LogP contribution in [-0.2, 0) is 11.2 Å². The molecule has 4 nitrogen and oxygen atoms in total. The molecule has 0 bridgehead atoms. The number of morpholine rings is 1. The Bertz CT molecular complexity index is 633. The van der Waals surface area contributed by atoms with Crippen LogP contribution in [0.2, 0.25) is 0 Å². The average Bonchev–Trinajstić information content (AvgIpc) is 2.97. The van der Waals surface area contributed by atoms with E-state index in [1.165, 1.54) is 15.4 Å². The molecule has 2 aromatic rings. The smallest absolute Gasteiger partial charge is 0.119 e. The zero-order valence-corrected chi connectivity index (χ0v) is 15.4. The Morgan fingerprint density at radius 3 is 2.67 bits per heavy atom. The van der Waals surface area contributed by atoms with Crippen molar-refractivity contribution >= 4 is 11.3 Å². The van der Waals surface area contributed by atoms with Crippen molar-refractivity contribution in [3.05, 3.63) is 34.2 Å². The van der Waals surface area contributed by atoms with Crippen molar-refractivity contribution in [3.63, 3.8) is 0 Å². The molecule has 3 rings (SSSR count). The number of nitrogens with zero attached hydrogens (tertiary/aromatic N) is 2. The van der Waals surface area contributed by atoms with E-state index in [-0.39, 0.29) is 0 Å². The molecule has 24 heavy (non-hydrogen) atoms. The number of benzene rings is 1. The number of aromatic nitrogens is 1. The van der Waals surface area contributed by atoms with Crippen molar-refractivity contribution in [2.45, 2.75) is 26.7 Å². The average molecular weight is 346 g/mol. The number of thiazole rings is 1. The molecule has 5 heteroatoms. The SMILES string of the molecule is CCCc1nc(-c2ccc(OCCN3CCOCC3)cc2)c(C)s1. The summed E-state index contributed by atoms with van der Waals surface area (Å²) in [5.41, 5.74) is 2.29. The first kappa shape index (κ1) is 17.4. The van der Waals surface area contributed by atoms with Crippen LogP contribution in [0.3, 0.4) is 0 Å². The van der Waals surface area contributed by atoms with E-state index in [1.54, 1.807) is 0 Å². The number of aryl methyl sites for hydroxylation is 2. The minimum absolute atomic E-state index is 0.718. The van der Waals surface area contributed by atoms with Crippen LogP contribution >= 0.6 is 11.3 Å². The first-order valence-corrected chi connectivity index (χ1v) is 9.57. The Morgan fingerprint density at radius 2 is 1.96 bits per heavy atom. The molecule has 0 unspecified atom stereocenters. The second-order valence-corrected chi connectivity index (χ2v) is 7.38. The van der Waals surface area contributed by atoms with Gasteiger partial charge in [0.15, 0.2) is 0 Å². The fourth-order valence-electron chi connectivity index (χ4n) is 2.87. The molecule has 0 aliphatic carbocycles. The van der Waals surface area contributed by atoms with Crippen LogP contribution in [0.4, 0.5) is 0 Å². The standard InChI is InChI=1S/C19H26N2O2S/c1-3-4-18-20-19(15(2)24-18)16-5-7-17(8-6-16)23-14-11-21-9-12-22-13-10-21/h5-8H,3-4,9-14H2,1-2H3. The van der Waals surface area contributed by atoms with Crippen LogP contribution in [0.1, 0.15) is 23.2 Å². The van der Waals surface area contributed by atoms with E-state index in [9.17, 15) is 0 Å². The minimum atomic E-state index is 0.718. The lowest BCUT2D eigenvalue weighted by atomic mass is 10.1. The molecule has 1 aliphatic heterocycles. The first-order chi connectivity index (χ1) is 11.8. The third-order valence-electron chi connectivity index (χ3n) is 4.21. The molecule has 0 spiro atoms. The third kappa shape index (κ3) is 4.56. The van der Waals surface area contributed by atoms with E-state index in [0.717, 1.165) is 63.7 Å². The van der Waals surface area contributed by atoms with Crippen LogP contribution in [0.5, 0.6) is 5.75 Å². The lowest BCUT2D eigenvalue weighted by Crippen LogP contribution is -2.38. The van der Waals surface area contributed by atoms with Gasteiger partial charge in [0.2, 0.25) is 0 Å². The molecular formula is C19H26N2O2S. The second-order valence-electron chi connectivity index (χ2n) is 6.09. The van der Waals surface area contributed by atoms with E-state index in [0.29, 0.717) is 0 Å². The van der Waals surface area contributed by atoms with E-state index >= 15 is 0 Å². The molecule has 0 atom stereocenters. The quantitative estimate of drug-likeness (QED) is 0.764. The van der Waals surface area contributed by atoms with Gasteiger partial charge in [-0.1, -0.05) is 6.92 Å². The third-order valence-corrected chi connectivity index (χ3v) is 5.24. The summed E-state index contributed by atoms with van der Waals surface area (Å²) in [5.74, 6) is 0.925. The van der Waals surface area contributed by atoms with Crippen molar-refractivity contribution in [3.8, 4) is 17.0 Å². The molecule has 130 valence electrons. The molecule has 1 fully saturated rings. The summed E-state index contributed by atoms with van der Waals surface area (Å²) in [4.78, 5) is 8.45. The van der Waals surface area contributed by atoms with E-state index < -0.39 is 0 Å². The van der Waals surface area contributed by atoms with E-state index in [4.69, 9.17) is 14.5 Å². The van der Waals surface area contributed by atoms with Gasteiger partial charge in [0.05, 0.1) is 23.9 Å². The molecule has 0 radical (unpaired) electrons. The van der Waals surface area contributed by atoms with Crippen molar-refractivity contribution in [2.75, 3.05) is 39.5 Å². The number of rotatable bonds is 7. The summed E-state index contributed by atoms with van der Waals surface area (Å²) in [6.45, 7) is 9.70. The molecule has 2 heterocycles. The molecule has 1 aliphatic rings. The van der Waals surface area contributed by atoms with Crippen LogP contribution in [-0.4, -0.2) is 49.3 Å². The topological polar surface area (TPSA) is 34.6 Å². The van der Waals surface area contributed by atoms with Crippen LogP contribution in [0, 0.1) is 6.92 Å². The Morgan fingerprint density at radius 1 is 1.21 bits per heavy atom. The van der Waals surface area contributed by atoms with Gasteiger partial charge >= 0.3 is 0 Å². The lowest BCUT2D eigenvalue weighted by Gasteiger charge is -2.26. The van der Waals surface area contributed by atoms with Gasteiger partial charge in [-0.3, -0.25) is 4.90 Å². The summed E-state index contributed by atoms with van der Waals surface area (Å²) in [6, 6.07) is 8.32. The largest absolute Gasteiger partial charge is 0.492 e. The highest BCUT2D eigenvalue weighted by Gasteiger charge is 2.11. The van der Waals surface area contributed by atoms with Gasteiger partial charge in [-0.05, 0) is 44.0 Å². The Kier molecular flexibility index (Phi) is 6.24. The van der Waals surface area contributed by atoms with Crippen molar-refractivity contribution < 1.29 is 9.47 Å². The lowest BCUT2D eigenvalue weighted by molar-refractivity contribution is 0.0322. The van der Waals surface area contributed by atoms with Crippen LogP contribution in [0.15, 0.2) is 24.3 Å². The maximum atomic E-state index is 5.87. The molecule has 0 N–H and O–H groups in total. The van der Waals surface area contributed by atoms with E-state index in [1.807, 2.05) is 23.5 Å². The van der Waals surface area contributed by atoms with Crippen molar-refractivity contribution in [1.82, 2.24) is 9.88 Å². The van der Waals surface area contributed by atoms with Gasteiger partial charge in [0.25, 0.3) is 0 Å². The number of hydrogen-bond donors (Lipinski definition) is 0. The second kappa shape index (κ2) is 8.60. The van der Waals surface area contributed by atoms with Crippen LogP contribution in [0.25, 0.3) is 11.3 Å². The monoisotopic (exact) mass is 346 g/mol. The summed E-state index contributed by atoms with van der Waals surface area (Å²) < 4.78 is 11.2. The van der Waals surface area contributed by atoms with Gasteiger partial charge in [-0.15, -0.1) is 11.3 Å². The van der Waals surface area contributed by atoms with Crippen molar-refractivity contribution in [2.24, 2.45) is 0 Å². The Hall–Kier alpha value is -1.43. The molecular weight excluding hydrogens is 320 g/mol. The summed E-state index contributed by atoms with van der Waals surface area (Å²) >= 11 is 1.81. The molecule has 1 aromatic carbocycles. The van der Waals surface area contributed by atoms with Gasteiger partial charge in [0.1, 0.15) is 12.4 Å². The normalized spacial score (nSPS) is 15.6. The van der Waals surface area contributed by atoms with Crippen molar-refractivity contribution in [1.29, 1.82) is 0 Å². The molecule has 1 saturated heterocycles. The zero-order valence-electron chi connectivity index (χ0n) is 14.6. The summed E-state index contributed by atoms with van der Waals surface area (Å²) in [7, 11) is 0. The fourth-order valence-corrected chi connectivity index (χ4v) is 3.92. The highest BCUT2D eigenvalue weighted by Crippen LogP contribution is 2.29. The minimum Gasteiger partial charge on any atom is -0.492 e. The maximum Gasteiger partial charge on any atom is 0.119 e. The number of ether oxygens (including phenoxy) is 2. The van der Waals surface area contributed by atoms with E-state index in [2.05, 4.69) is 30.9 Å². The predicted molar refractivity (Wildman–Crippen MR) is 99.0 cm³/mol. The summed E-state index contributed by atoms with van der Waals surface area (Å²) in [5, 5.41) is 1.23. The fraction of sp³-hybridized carbons (Fsp3) is 0.526. The highest BCUT2D eigenvalue weighted by molar-refractivity contribution is 7.12. The maximum absolute atomic E-state index is 5.87. The van der Waals surface area contributed by atoms with Gasteiger partial charge in [-0.2, -0.15) is 0 Å². The molecule has 0 amide bonds. The molecule has 0 saturated carbocycles. The van der Waals surface area contributed by atoms with Gasteiger partial charge in [-0.25, -0.2) is 4.98 Å². The zero-order chi connectivity index (χ0) is 16.8. The number of hydrogen-bond acceptors (Lipinski definition) is 5. The Labute approximate surface area is 148 Å².